The number of hydrogen-bond donors (Lipinski definition) is 0. The monoisotopic (exact) mass is 172 g/mol. The third kappa shape index (κ3) is 16.0. The number of halogens is 1. The minimum absolute atomic E-state index is 0. The van der Waals surface area contributed by atoms with Crippen LogP contribution >= 0.6 is 0 Å². The first-order chi connectivity index (χ1) is 3.42. The molecule has 0 aromatic rings. The van der Waals surface area contributed by atoms with E-state index in [2.05, 4.69) is 34.6 Å². The van der Waals surface area contributed by atoms with E-state index in [-0.39, 0.29) is 35.5 Å². The minimum atomic E-state index is 0. The van der Waals surface area contributed by atoms with Crippen LogP contribution in [0.5, 0.6) is 0 Å². The van der Waals surface area contributed by atoms with E-state index in [0.717, 1.165) is 0 Å². The van der Waals surface area contributed by atoms with Crippen LogP contribution in [-0.4, -0.2) is 23.1 Å². The molecule has 0 atom stereocenters. The molecule has 0 nitrogen and oxygen atoms in total. The molecular weight excluding hydrogens is 156 g/mol. The molecule has 0 aromatic carbocycles. The molecule has 0 N–H and O–H groups in total. The van der Waals surface area contributed by atoms with E-state index in [0.29, 0.717) is 5.41 Å². The molecule has 2 heteroatoms. The average molecular weight is 173 g/mol. The van der Waals surface area contributed by atoms with Gasteiger partial charge in [-0.2, -0.15) is 20.3 Å². The molecule has 0 aliphatic heterocycles. The molecule has 0 aliphatic carbocycles. The Kier molecular flexibility index (Phi) is 11.6. The predicted molar refractivity (Wildman–Crippen MR) is 44.4 cm³/mol. The van der Waals surface area contributed by atoms with E-state index >= 15 is 0 Å². The van der Waals surface area contributed by atoms with Crippen LogP contribution in [0.1, 0.15) is 41.0 Å². The second-order valence-corrected chi connectivity index (χ2v) is 3.94. The third-order valence-corrected chi connectivity index (χ3v) is 0.884. The average Bonchev–Trinajstić information content (AvgIpc) is 1.21. The maximum absolute atomic E-state index is 2.26. The SMILES string of the molecule is C[C-](C)CC(C)(C)C.[Cl-].[Mg+2]. The van der Waals surface area contributed by atoms with Crippen molar-refractivity contribution in [3.63, 3.8) is 0 Å². The third-order valence-electron chi connectivity index (χ3n) is 0.884. The van der Waals surface area contributed by atoms with E-state index in [9.17, 15) is 0 Å². The van der Waals surface area contributed by atoms with Gasteiger partial charge in [0.2, 0.25) is 0 Å². The van der Waals surface area contributed by atoms with Gasteiger partial charge >= 0.3 is 23.1 Å². The van der Waals surface area contributed by atoms with Crippen LogP contribution in [0, 0.1) is 11.3 Å². The van der Waals surface area contributed by atoms with Gasteiger partial charge in [-0.3, -0.25) is 0 Å². The van der Waals surface area contributed by atoms with Crippen molar-refractivity contribution in [3.05, 3.63) is 5.92 Å². The van der Waals surface area contributed by atoms with Crippen molar-refractivity contribution in [2.45, 2.75) is 41.0 Å². The fourth-order valence-corrected chi connectivity index (χ4v) is 1.06. The van der Waals surface area contributed by atoms with Crippen molar-refractivity contribution in [3.8, 4) is 0 Å². The van der Waals surface area contributed by atoms with Crippen molar-refractivity contribution in [1.82, 2.24) is 0 Å². The summed E-state index contributed by atoms with van der Waals surface area (Å²) in [5, 5.41) is 0. The van der Waals surface area contributed by atoms with E-state index < -0.39 is 0 Å². The minimum Gasteiger partial charge on any atom is -1.00 e. The summed E-state index contributed by atoms with van der Waals surface area (Å²) in [6.45, 7) is 11.2. The van der Waals surface area contributed by atoms with Gasteiger partial charge in [0.1, 0.15) is 0 Å². The summed E-state index contributed by atoms with van der Waals surface area (Å²) in [6, 6.07) is 0. The summed E-state index contributed by atoms with van der Waals surface area (Å²) in [6.07, 6.45) is 1.24. The molecule has 0 radical (unpaired) electrons. The standard InChI is InChI=1S/C8H17.ClH.Mg/c1-7(2)6-8(3,4)5;;/h6H2,1-5H3;1H;/q-1;;+2/p-1. The smallest absolute Gasteiger partial charge is 1.00 e. The summed E-state index contributed by atoms with van der Waals surface area (Å²) >= 11 is 0. The van der Waals surface area contributed by atoms with E-state index in [1.54, 1.807) is 0 Å². The Morgan fingerprint density at radius 3 is 1.40 bits per heavy atom. The van der Waals surface area contributed by atoms with Crippen LogP contribution in [0.25, 0.3) is 0 Å². The molecule has 0 heterocycles. The van der Waals surface area contributed by atoms with Crippen LogP contribution in [0.4, 0.5) is 0 Å². The first kappa shape index (κ1) is 17.2. The molecule has 0 saturated heterocycles. The Labute approximate surface area is 87.7 Å². The molecule has 0 saturated carbocycles. The van der Waals surface area contributed by atoms with Crippen molar-refractivity contribution in [2.75, 3.05) is 0 Å². The van der Waals surface area contributed by atoms with Crippen LogP contribution in [0.3, 0.4) is 0 Å². The Balaban J connectivity index is -0.000000245. The molecular formula is C8H17ClMg. The van der Waals surface area contributed by atoms with Gasteiger partial charge < -0.3 is 18.3 Å². The zero-order valence-electron chi connectivity index (χ0n) is 7.79. The van der Waals surface area contributed by atoms with E-state index in [1.165, 1.54) is 12.3 Å². The molecule has 0 amide bonds. The van der Waals surface area contributed by atoms with E-state index in [1.807, 2.05) is 0 Å². The Hall–Kier alpha value is 1.06. The van der Waals surface area contributed by atoms with Crippen LogP contribution in [0.2, 0.25) is 0 Å². The van der Waals surface area contributed by atoms with E-state index in [4.69, 9.17) is 0 Å². The van der Waals surface area contributed by atoms with Crippen molar-refractivity contribution < 1.29 is 12.4 Å². The van der Waals surface area contributed by atoms with Crippen molar-refractivity contribution in [1.29, 1.82) is 0 Å². The summed E-state index contributed by atoms with van der Waals surface area (Å²) in [4.78, 5) is 0. The van der Waals surface area contributed by atoms with Crippen LogP contribution < -0.4 is 12.4 Å². The largest absolute Gasteiger partial charge is 2.00 e. The predicted octanol–water partition coefficient (Wildman–Crippen LogP) is -0.340. The van der Waals surface area contributed by atoms with Crippen molar-refractivity contribution in [2.24, 2.45) is 5.41 Å². The first-order valence-electron chi connectivity index (χ1n) is 3.21. The quantitative estimate of drug-likeness (QED) is 0.376. The van der Waals surface area contributed by atoms with Crippen LogP contribution in [-0.2, 0) is 0 Å². The topological polar surface area (TPSA) is 0 Å². The van der Waals surface area contributed by atoms with Gasteiger partial charge in [-0.25, -0.2) is 0 Å². The Bertz CT molecular complexity index is 64.1. The zero-order chi connectivity index (χ0) is 6.78. The van der Waals surface area contributed by atoms with Crippen LogP contribution in [0.15, 0.2) is 0 Å². The summed E-state index contributed by atoms with van der Waals surface area (Å²) < 4.78 is 0. The van der Waals surface area contributed by atoms with Crippen molar-refractivity contribution >= 4 is 23.1 Å². The second kappa shape index (κ2) is 6.75. The molecule has 58 valence electrons. The first-order valence-corrected chi connectivity index (χ1v) is 3.21. The molecule has 0 bridgehead atoms. The number of rotatable bonds is 1. The summed E-state index contributed by atoms with van der Waals surface area (Å²) in [7, 11) is 0. The van der Waals surface area contributed by atoms with Gasteiger partial charge in [0.15, 0.2) is 0 Å². The number of hydrogen-bond acceptors (Lipinski definition) is 0. The molecule has 0 spiro atoms. The van der Waals surface area contributed by atoms with Gasteiger partial charge in [-0.05, 0) is 0 Å². The fraction of sp³-hybridized carbons (Fsp3) is 0.875. The molecule has 0 rings (SSSR count). The maximum atomic E-state index is 2.26. The maximum Gasteiger partial charge on any atom is 2.00 e. The normalized spacial score (nSPS) is 10.2. The zero-order valence-corrected chi connectivity index (χ0v) is 9.96. The fourth-order valence-electron chi connectivity index (χ4n) is 1.06. The molecule has 10 heavy (non-hydrogen) atoms. The van der Waals surface area contributed by atoms with Gasteiger partial charge in [-0.15, -0.1) is 0 Å². The molecule has 0 aromatic heterocycles. The van der Waals surface area contributed by atoms with Gasteiger partial charge in [0.05, 0.1) is 0 Å². The Morgan fingerprint density at radius 1 is 1.10 bits per heavy atom. The van der Waals surface area contributed by atoms with Gasteiger partial charge in [-0.1, -0.05) is 26.2 Å². The summed E-state index contributed by atoms with van der Waals surface area (Å²) in [5.74, 6) is 1.53. The summed E-state index contributed by atoms with van der Waals surface area (Å²) in [5.41, 5.74) is 0.485. The van der Waals surface area contributed by atoms with Gasteiger partial charge in [0, 0.05) is 0 Å². The second-order valence-electron chi connectivity index (χ2n) is 3.94. The Morgan fingerprint density at radius 2 is 1.40 bits per heavy atom. The van der Waals surface area contributed by atoms with Gasteiger partial charge in [0.25, 0.3) is 0 Å². The molecule has 0 aliphatic rings. The molecule has 0 fully saturated rings. The molecule has 0 unspecified atom stereocenters.